The van der Waals surface area contributed by atoms with Crippen molar-refractivity contribution >= 4 is 27.5 Å². The van der Waals surface area contributed by atoms with Crippen LogP contribution in [0.15, 0.2) is 77.7 Å². The molecule has 1 aliphatic heterocycles. The largest absolute Gasteiger partial charge is 0.269 e. The fourth-order valence-corrected chi connectivity index (χ4v) is 7.18. The number of hydrogen-bond donors (Lipinski definition) is 0. The summed E-state index contributed by atoms with van der Waals surface area (Å²) in [6.07, 6.45) is 8.51. The first-order chi connectivity index (χ1) is 13.4. The first-order valence-corrected chi connectivity index (χ1v) is 12.0. The van der Waals surface area contributed by atoms with Crippen LogP contribution in [0.25, 0.3) is 0 Å². The van der Waals surface area contributed by atoms with Gasteiger partial charge in [0.2, 0.25) is 10.0 Å². The molecule has 2 aliphatic rings. The van der Waals surface area contributed by atoms with Crippen LogP contribution >= 0.6 is 11.8 Å². The molecule has 0 spiro atoms. The van der Waals surface area contributed by atoms with Crippen molar-refractivity contribution in [3.63, 3.8) is 0 Å². The van der Waals surface area contributed by atoms with E-state index in [1.165, 1.54) is 10.5 Å². The Morgan fingerprint density at radius 2 is 1.86 bits per heavy atom. The number of nitrogens with zero attached hydrogens (tertiary/aromatic N) is 1. The standard InChI is InChI=1S/C23H25NO2S2/c1-18-10-12-21(13-11-18)27-17-20-8-5-6-15-23(20,2)28(25,26)24-16-14-19-7-3-4-9-22(19)24/h3-13,15,20H,14,16-17H2,1-2H3. The summed E-state index contributed by atoms with van der Waals surface area (Å²) in [5.74, 6) is 0.622. The summed E-state index contributed by atoms with van der Waals surface area (Å²) in [4.78, 5) is 1.17. The lowest BCUT2D eigenvalue weighted by atomic mass is 9.90. The SMILES string of the molecule is Cc1ccc(SCC2C=CC=CC2(C)S(=O)(=O)N2CCc3ccccc32)cc1. The van der Waals surface area contributed by atoms with Crippen molar-refractivity contribution in [3.8, 4) is 0 Å². The van der Waals surface area contributed by atoms with E-state index in [1.54, 1.807) is 16.1 Å². The Morgan fingerprint density at radius 1 is 1.11 bits per heavy atom. The van der Waals surface area contributed by atoms with Crippen LogP contribution in [0.2, 0.25) is 0 Å². The van der Waals surface area contributed by atoms with Gasteiger partial charge in [-0.2, -0.15) is 0 Å². The topological polar surface area (TPSA) is 37.4 Å². The average molecular weight is 412 g/mol. The van der Waals surface area contributed by atoms with E-state index in [0.29, 0.717) is 6.54 Å². The normalized spacial score (nSPS) is 23.8. The number of hydrogen-bond acceptors (Lipinski definition) is 3. The van der Waals surface area contributed by atoms with Gasteiger partial charge in [0.05, 0.1) is 5.69 Å². The molecule has 3 nitrogen and oxygen atoms in total. The van der Waals surface area contributed by atoms with Crippen molar-refractivity contribution in [1.29, 1.82) is 0 Å². The van der Waals surface area contributed by atoms with E-state index in [1.807, 2.05) is 55.5 Å². The molecule has 2 aromatic rings. The Morgan fingerprint density at radius 3 is 2.64 bits per heavy atom. The van der Waals surface area contributed by atoms with Gasteiger partial charge in [0.1, 0.15) is 4.75 Å². The van der Waals surface area contributed by atoms with Crippen LogP contribution in [-0.2, 0) is 16.4 Å². The van der Waals surface area contributed by atoms with Crippen molar-refractivity contribution in [2.75, 3.05) is 16.6 Å². The summed E-state index contributed by atoms with van der Waals surface area (Å²) in [6, 6.07) is 16.2. The Hall–Kier alpha value is -1.98. The minimum atomic E-state index is -3.55. The quantitative estimate of drug-likeness (QED) is 0.651. The fraction of sp³-hybridized carbons (Fsp3) is 0.304. The van der Waals surface area contributed by atoms with Gasteiger partial charge in [0.15, 0.2) is 0 Å². The molecule has 2 atom stereocenters. The predicted molar refractivity (Wildman–Crippen MR) is 118 cm³/mol. The second-order valence-electron chi connectivity index (χ2n) is 7.61. The van der Waals surface area contributed by atoms with Crippen LogP contribution in [-0.4, -0.2) is 25.5 Å². The first-order valence-electron chi connectivity index (χ1n) is 9.57. The van der Waals surface area contributed by atoms with E-state index >= 15 is 0 Å². The lowest BCUT2D eigenvalue weighted by Gasteiger charge is -2.38. The summed E-state index contributed by atoms with van der Waals surface area (Å²) in [5.41, 5.74) is 3.16. The smallest absolute Gasteiger partial charge is 0.244 e. The molecule has 2 aromatic carbocycles. The van der Waals surface area contributed by atoms with Crippen LogP contribution in [0, 0.1) is 12.8 Å². The van der Waals surface area contributed by atoms with E-state index < -0.39 is 14.8 Å². The first kappa shape index (κ1) is 19.3. The maximum absolute atomic E-state index is 13.8. The molecular formula is C23H25NO2S2. The zero-order valence-corrected chi connectivity index (χ0v) is 17.8. The van der Waals surface area contributed by atoms with Crippen molar-refractivity contribution in [2.24, 2.45) is 5.92 Å². The van der Waals surface area contributed by atoms with Crippen LogP contribution in [0.1, 0.15) is 18.1 Å². The summed E-state index contributed by atoms with van der Waals surface area (Å²) in [6.45, 7) is 4.46. The lowest BCUT2D eigenvalue weighted by molar-refractivity contribution is 0.514. The lowest BCUT2D eigenvalue weighted by Crippen LogP contribution is -2.50. The molecule has 2 unspecified atom stereocenters. The zero-order chi connectivity index (χ0) is 19.8. The highest BCUT2D eigenvalue weighted by Crippen LogP contribution is 2.41. The van der Waals surface area contributed by atoms with Gasteiger partial charge in [-0.1, -0.05) is 60.2 Å². The second kappa shape index (κ2) is 7.45. The molecule has 28 heavy (non-hydrogen) atoms. The van der Waals surface area contributed by atoms with Gasteiger partial charge in [-0.25, -0.2) is 8.42 Å². The van der Waals surface area contributed by atoms with Gasteiger partial charge in [0.25, 0.3) is 0 Å². The third kappa shape index (κ3) is 3.31. The molecule has 0 radical (unpaired) electrons. The van der Waals surface area contributed by atoms with Gasteiger partial charge >= 0.3 is 0 Å². The molecule has 1 heterocycles. The highest BCUT2D eigenvalue weighted by molar-refractivity contribution is 7.99. The summed E-state index contributed by atoms with van der Waals surface area (Å²) >= 11 is 1.71. The highest BCUT2D eigenvalue weighted by Gasteiger charge is 2.48. The molecule has 4 rings (SSSR count). The molecular weight excluding hydrogens is 386 g/mol. The van der Waals surface area contributed by atoms with Crippen molar-refractivity contribution < 1.29 is 8.42 Å². The maximum atomic E-state index is 13.8. The molecule has 1 aliphatic carbocycles. The molecule has 146 valence electrons. The van der Waals surface area contributed by atoms with Crippen molar-refractivity contribution in [2.45, 2.75) is 29.9 Å². The second-order valence-corrected chi connectivity index (χ2v) is 11.0. The summed E-state index contributed by atoms with van der Waals surface area (Å²) in [7, 11) is -3.55. The van der Waals surface area contributed by atoms with E-state index in [9.17, 15) is 8.42 Å². The maximum Gasteiger partial charge on any atom is 0.244 e. The predicted octanol–water partition coefficient (Wildman–Crippen LogP) is 4.98. The number of benzene rings is 2. The van der Waals surface area contributed by atoms with Gasteiger partial charge in [-0.3, -0.25) is 4.31 Å². The number of anilines is 1. The number of para-hydroxylation sites is 1. The number of aryl methyl sites for hydroxylation is 1. The third-order valence-corrected chi connectivity index (χ3v) is 9.40. The number of sulfonamides is 1. The van der Waals surface area contributed by atoms with Gasteiger partial charge in [0, 0.05) is 23.1 Å². The van der Waals surface area contributed by atoms with Crippen LogP contribution in [0.4, 0.5) is 5.69 Å². The fourth-order valence-electron chi connectivity index (χ4n) is 3.87. The Balaban J connectivity index is 1.61. The van der Waals surface area contributed by atoms with E-state index in [2.05, 4.69) is 31.2 Å². The molecule has 0 saturated carbocycles. The van der Waals surface area contributed by atoms with Crippen molar-refractivity contribution in [3.05, 3.63) is 84.0 Å². The third-order valence-electron chi connectivity index (χ3n) is 5.76. The van der Waals surface area contributed by atoms with Crippen molar-refractivity contribution in [1.82, 2.24) is 0 Å². The molecule has 0 N–H and O–H groups in total. The van der Waals surface area contributed by atoms with Crippen LogP contribution in [0.3, 0.4) is 0 Å². The molecule has 0 amide bonds. The van der Waals surface area contributed by atoms with Crippen LogP contribution in [0.5, 0.6) is 0 Å². The van der Waals surface area contributed by atoms with Gasteiger partial charge in [-0.05, 0) is 44.0 Å². The summed E-state index contributed by atoms with van der Waals surface area (Å²) < 4.78 is 28.2. The Bertz CT molecular complexity index is 1020. The number of thioether (sulfide) groups is 1. The molecule has 0 saturated heterocycles. The van der Waals surface area contributed by atoms with Gasteiger partial charge in [-0.15, -0.1) is 11.8 Å². The average Bonchev–Trinajstić information content (AvgIpc) is 3.13. The Labute approximate surface area is 172 Å². The minimum absolute atomic E-state index is 0.0958. The number of fused-ring (bicyclic) bond motifs is 1. The van der Waals surface area contributed by atoms with E-state index in [-0.39, 0.29) is 5.92 Å². The summed E-state index contributed by atoms with van der Waals surface area (Å²) in [5, 5.41) is 0. The van der Waals surface area contributed by atoms with Crippen LogP contribution < -0.4 is 4.31 Å². The monoisotopic (exact) mass is 411 g/mol. The minimum Gasteiger partial charge on any atom is -0.269 e. The zero-order valence-electron chi connectivity index (χ0n) is 16.2. The number of rotatable bonds is 5. The molecule has 0 fully saturated rings. The van der Waals surface area contributed by atoms with E-state index in [4.69, 9.17) is 0 Å². The Kier molecular flexibility index (Phi) is 5.15. The number of allylic oxidation sites excluding steroid dienone is 3. The van der Waals surface area contributed by atoms with Gasteiger partial charge < -0.3 is 0 Å². The molecule has 0 bridgehead atoms. The van der Waals surface area contributed by atoms with E-state index in [0.717, 1.165) is 23.4 Å². The molecule has 5 heteroatoms. The highest BCUT2D eigenvalue weighted by atomic mass is 32.2. The molecule has 0 aromatic heterocycles.